The highest BCUT2D eigenvalue weighted by Gasteiger charge is 2.21. The number of methoxy groups -OCH3 is 2. The summed E-state index contributed by atoms with van der Waals surface area (Å²) in [5, 5.41) is 5.15. The van der Waals surface area contributed by atoms with E-state index in [9.17, 15) is 4.39 Å². The minimum atomic E-state index is -0.498. The molecule has 0 heterocycles. The van der Waals surface area contributed by atoms with Gasteiger partial charge in [0, 0.05) is 10.2 Å². The highest BCUT2D eigenvalue weighted by Crippen LogP contribution is 2.44. The summed E-state index contributed by atoms with van der Waals surface area (Å²) in [5.74, 6) is 0.568. The smallest absolute Gasteiger partial charge is 0.186 e. The second-order valence-electron chi connectivity index (χ2n) is 7.84. The normalized spacial score (nSPS) is 10.5. The van der Waals surface area contributed by atoms with E-state index < -0.39 is 5.82 Å². The Bertz CT molecular complexity index is 1300. The number of anilines is 5. The SMILES string of the molecule is COc1ccc(N(Nc2ccc(F)c(Cl)c2)Nc2ccc(C)c(Br)c2)c(Nc2ccccc2)c1OC. The maximum atomic E-state index is 13.8. The molecule has 9 heteroatoms. The summed E-state index contributed by atoms with van der Waals surface area (Å²) >= 11 is 9.65. The molecular formula is C27H25BrClFN4O2. The molecule has 3 N–H and O–H groups in total. The quantitative estimate of drug-likeness (QED) is 0.176. The van der Waals surface area contributed by atoms with Crippen LogP contribution in [0.3, 0.4) is 0 Å². The fourth-order valence-corrected chi connectivity index (χ4v) is 4.08. The fourth-order valence-electron chi connectivity index (χ4n) is 3.52. The zero-order chi connectivity index (χ0) is 25.7. The molecule has 0 spiro atoms. The topological polar surface area (TPSA) is 57.8 Å². The van der Waals surface area contributed by atoms with Gasteiger partial charge in [-0.2, -0.15) is 5.12 Å². The third kappa shape index (κ3) is 5.78. The van der Waals surface area contributed by atoms with Crippen molar-refractivity contribution >= 4 is 56.0 Å². The average Bonchev–Trinajstić information content (AvgIpc) is 2.88. The average molecular weight is 572 g/mol. The van der Waals surface area contributed by atoms with Gasteiger partial charge < -0.3 is 14.8 Å². The molecule has 0 aliphatic heterocycles. The molecule has 4 aromatic rings. The van der Waals surface area contributed by atoms with Crippen LogP contribution < -0.4 is 30.8 Å². The van der Waals surface area contributed by atoms with Gasteiger partial charge in [0.25, 0.3) is 0 Å². The van der Waals surface area contributed by atoms with Crippen molar-refractivity contribution in [2.75, 3.05) is 35.5 Å². The van der Waals surface area contributed by atoms with E-state index in [0.717, 1.165) is 21.4 Å². The molecule has 6 nitrogen and oxygen atoms in total. The van der Waals surface area contributed by atoms with Crippen LogP contribution in [0.15, 0.2) is 83.3 Å². The number of hydrogen-bond acceptors (Lipinski definition) is 6. The number of rotatable bonds is 9. The summed E-state index contributed by atoms with van der Waals surface area (Å²) in [6.07, 6.45) is 0. The summed E-state index contributed by atoms with van der Waals surface area (Å²) in [6, 6.07) is 23.7. The Morgan fingerprint density at radius 1 is 0.833 bits per heavy atom. The van der Waals surface area contributed by atoms with Gasteiger partial charge in [0.15, 0.2) is 11.5 Å². The van der Waals surface area contributed by atoms with Crippen LogP contribution in [0.1, 0.15) is 5.56 Å². The van der Waals surface area contributed by atoms with Gasteiger partial charge in [-0.05, 0) is 67.1 Å². The number of halogens is 3. The largest absolute Gasteiger partial charge is 0.493 e. The van der Waals surface area contributed by atoms with Crippen LogP contribution in [0.25, 0.3) is 0 Å². The predicted octanol–water partition coefficient (Wildman–Crippen LogP) is 8.17. The minimum Gasteiger partial charge on any atom is -0.493 e. The Morgan fingerprint density at radius 3 is 2.17 bits per heavy atom. The molecule has 0 unspecified atom stereocenters. The molecule has 186 valence electrons. The van der Waals surface area contributed by atoms with Gasteiger partial charge in [0.2, 0.25) is 0 Å². The van der Waals surface area contributed by atoms with E-state index in [-0.39, 0.29) is 5.02 Å². The van der Waals surface area contributed by atoms with Crippen LogP contribution >= 0.6 is 27.5 Å². The molecule has 0 aliphatic rings. The number of benzene rings is 4. The lowest BCUT2D eigenvalue weighted by molar-refractivity contribution is 0.356. The van der Waals surface area contributed by atoms with E-state index in [1.807, 2.05) is 67.6 Å². The van der Waals surface area contributed by atoms with Gasteiger partial charge in [-0.25, -0.2) is 4.39 Å². The first-order valence-corrected chi connectivity index (χ1v) is 12.2. The van der Waals surface area contributed by atoms with Crippen molar-refractivity contribution in [2.45, 2.75) is 6.92 Å². The maximum Gasteiger partial charge on any atom is 0.186 e. The minimum absolute atomic E-state index is 0.00739. The molecule has 0 amide bonds. The standard InChI is InChI=1S/C27H25BrClFN4O2/c1-17-9-10-19(15-21(17)28)32-34(33-20-11-12-23(30)22(29)16-20)24-13-14-25(35-2)27(36-3)26(24)31-18-7-5-4-6-8-18/h4-16,31-33H,1-3H3. The van der Waals surface area contributed by atoms with Gasteiger partial charge >= 0.3 is 0 Å². The van der Waals surface area contributed by atoms with Crippen LogP contribution in [0.5, 0.6) is 11.5 Å². The molecule has 36 heavy (non-hydrogen) atoms. The molecule has 4 rings (SSSR count). The molecular weight excluding hydrogens is 547 g/mol. The maximum absolute atomic E-state index is 13.8. The van der Waals surface area contributed by atoms with Crippen LogP contribution in [-0.2, 0) is 0 Å². The zero-order valence-corrected chi connectivity index (χ0v) is 22.2. The highest BCUT2D eigenvalue weighted by molar-refractivity contribution is 9.10. The van der Waals surface area contributed by atoms with Crippen molar-refractivity contribution in [3.63, 3.8) is 0 Å². The molecule has 0 bridgehead atoms. The van der Waals surface area contributed by atoms with Crippen LogP contribution in [0.2, 0.25) is 5.02 Å². The molecule has 0 aromatic heterocycles. The Kier molecular flexibility index (Phi) is 8.07. The lowest BCUT2D eigenvalue weighted by Gasteiger charge is -2.31. The molecule has 0 saturated carbocycles. The molecule has 0 atom stereocenters. The van der Waals surface area contributed by atoms with E-state index in [1.54, 1.807) is 25.4 Å². The van der Waals surface area contributed by atoms with Crippen LogP contribution in [-0.4, -0.2) is 14.2 Å². The molecule has 0 saturated heterocycles. The monoisotopic (exact) mass is 570 g/mol. The number of nitrogens with one attached hydrogen (secondary N) is 3. The van der Waals surface area contributed by atoms with E-state index in [4.69, 9.17) is 21.1 Å². The summed E-state index contributed by atoms with van der Waals surface area (Å²) in [6.45, 7) is 2.01. The molecule has 0 radical (unpaired) electrons. The van der Waals surface area contributed by atoms with Crippen LogP contribution in [0.4, 0.5) is 32.8 Å². The second kappa shape index (κ2) is 11.4. The first-order valence-electron chi connectivity index (χ1n) is 11.0. The lowest BCUT2D eigenvalue weighted by atomic mass is 10.2. The van der Waals surface area contributed by atoms with E-state index in [2.05, 4.69) is 32.1 Å². The zero-order valence-electron chi connectivity index (χ0n) is 19.9. The van der Waals surface area contributed by atoms with E-state index >= 15 is 0 Å². The third-order valence-corrected chi connectivity index (χ3v) is 6.52. The van der Waals surface area contributed by atoms with Crippen LogP contribution in [0, 0.1) is 12.7 Å². The summed E-state index contributed by atoms with van der Waals surface area (Å²) in [5.41, 5.74) is 11.3. The number of aryl methyl sites for hydroxylation is 1. The third-order valence-electron chi connectivity index (χ3n) is 5.38. The number of nitrogens with zero attached hydrogens (tertiary/aromatic N) is 1. The predicted molar refractivity (Wildman–Crippen MR) is 149 cm³/mol. The number of para-hydroxylation sites is 1. The Balaban J connectivity index is 1.84. The molecule has 4 aromatic carbocycles. The van der Waals surface area contributed by atoms with E-state index in [0.29, 0.717) is 28.6 Å². The molecule has 0 aliphatic carbocycles. The fraction of sp³-hybridized carbons (Fsp3) is 0.111. The van der Waals surface area contributed by atoms with Gasteiger partial charge in [0.1, 0.15) is 17.2 Å². The van der Waals surface area contributed by atoms with Crippen molar-refractivity contribution < 1.29 is 13.9 Å². The second-order valence-corrected chi connectivity index (χ2v) is 9.10. The van der Waals surface area contributed by atoms with Crippen molar-refractivity contribution in [1.29, 1.82) is 0 Å². The van der Waals surface area contributed by atoms with Crippen molar-refractivity contribution in [1.82, 2.24) is 0 Å². The first-order chi connectivity index (χ1) is 17.4. The van der Waals surface area contributed by atoms with Gasteiger partial charge in [-0.15, -0.1) is 0 Å². The Hall–Kier alpha value is -3.62. The summed E-state index contributed by atoms with van der Waals surface area (Å²) in [4.78, 5) is 0. The highest BCUT2D eigenvalue weighted by atomic mass is 79.9. The number of hydrogen-bond donors (Lipinski definition) is 3. The number of ether oxygens (including phenoxy) is 2. The molecule has 0 fully saturated rings. The first kappa shape index (κ1) is 25.5. The van der Waals surface area contributed by atoms with Crippen molar-refractivity contribution in [2.24, 2.45) is 0 Å². The van der Waals surface area contributed by atoms with Gasteiger partial charge in [0.05, 0.1) is 30.6 Å². The lowest BCUT2D eigenvalue weighted by Crippen LogP contribution is -2.36. The van der Waals surface area contributed by atoms with Crippen molar-refractivity contribution in [3.8, 4) is 11.5 Å². The summed E-state index contributed by atoms with van der Waals surface area (Å²) < 4.78 is 26.1. The Morgan fingerprint density at radius 2 is 1.53 bits per heavy atom. The van der Waals surface area contributed by atoms with Gasteiger partial charge in [-0.3, -0.25) is 10.9 Å². The van der Waals surface area contributed by atoms with Crippen molar-refractivity contribution in [3.05, 3.63) is 99.7 Å². The Labute approximate surface area is 223 Å². The van der Waals surface area contributed by atoms with Gasteiger partial charge in [-0.1, -0.05) is 51.8 Å². The summed E-state index contributed by atoms with van der Waals surface area (Å²) in [7, 11) is 3.17. The number of hydrazine groups is 2. The van der Waals surface area contributed by atoms with E-state index in [1.165, 1.54) is 12.1 Å².